The normalized spacial score (nSPS) is 10.3. The summed E-state index contributed by atoms with van der Waals surface area (Å²) in [6.07, 6.45) is 0. The second kappa shape index (κ2) is 5.44. The van der Waals surface area contributed by atoms with Crippen molar-refractivity contribution in [1.29, 1.82) is 0 Å². The Labute approximate surface area is 111 Å². The highest BCUT2D eigenvalue weighted by Crippen LogP contribution is 2.19. The fourth-order valence-electron chi connectivity index (χ4n) is 1.56. The highest BCUT2D eigenvalue weighted by molar-refractivity contribution is 6.31. The summed E-state index contributed by atoms with van der Waals surface area (Å²) in [4.78, 5) is 0. The molecule has 0 saturated carbocycles. The summed E-state index contributed by atoms with van der Waals surface area (Å²) in [5.74, 6) is 0. The van der Waals surface area contributed by atoms with Crippen LogP contribution in [0, 0.1) is 6.92 Å². The standard InChI is InChI=1S/C14H13Cl2N/c1-10-2-3-11(14(16)8-10)9-17-13-6-4-12(15)5-7-13/h2-8,17H,9H2,1H3. The van der Waals surface area contributed by atoms with Crippen molar-refractivity contribution in [3.63, 3.8) is 0 Å². The lowest BCUT2D eigenvalue weighted by molar-refractivity contribution is 1.14. The first kappa shape index (κ1) is 12.3. The van der Waals surface area contributed by atoms with Gasteiger partial charge in [0.2, 0.25) is 0 Å². The molecule has 2 rings (SSSR count). The first-order chi connectivity index (χ1) is 8.15. The van der Waals surface area contributed by atoms with E-state index in [1.807, 2.05) is 43.3 Å². The Balaban J connectivity index is 2.04. The SMILES string of the molecule is Cc1ccc(CNc2ccc(Cl)cc2)c(Cl)c1. The molecule has 3 heteroatoms. The lowest BCUT2D eigenvalue weighted by Gasteiger charge is -2.08. The van der Waals surface area contributed by atoms with Crippen LogP contribution in [0.1, 0.15) is 11.1 Å². The summed E-state index contributed by atoms with van der Waals surface area (Å²) in [7, 11) is 0. The van der Waals surface area contributed by atoms with E-state index in [0.29, 0.717) is 6.54 Å². The van der Waals surface area contributed by atoms with Crippen LogP contribution in [0.15, 0.2) is 42.5 Å². The van der Waals surface area contributed by atoms with E-state index >= 15 is 0 Å². The highest BCUT2D eigenvalue weighted by atomic mass is 35.5. The molecule has 0 aromatic heterocycles. The maximum Gasteiger partial charge on any atom is 0.0458 e. The largest absolute Gasteiger partial charge is 0.381 e. The number of halogens is 2. The van der Waals surface area contributed by atoms with Crippen LogP contribution >= 0.6 is 23.2 Å². The molecule has 0 aliphatic heterocycles. The van der Waals surface area contributed by atoms with Crippen molar-refractivity contribution in [2.75, 3.05) is 5.32 Å². The molecular formula is C14H13Cl2N. The maximum absolute atomic E-state index is 6.16. The first-order valence-electron chi connectivity index (χ1n) is 5.39. The van der Waals surface area contributed by atoms with Gasteiger partial charge in [-0.1, -0.05) is 35.3 Å². The van der Waals surface area contributed by atoms with Crippen LogP contribution in [0.5, 0.6) is 0 Å². The van der Waals surface area contributed by atoms with Crippen LogP contribution in [0.25, 0.3) is 0 Å². The third-order valence-corrected chi connectivity index (χ3v) is 3.14. The molecule has 0 saturated heterocycles. The predicted octanol–water partition coefficient (Wildman–Crippen LogP) is 4.91. The van der Waals surface area contributed by atoms with E-state index in [2.05, 4.69) is 11.4 Å². The van der Waals surface area contributed by atoms with Crippen molar-refractivity contribution in [1.82, 2.24) is 0 Å². The Kier molecular flexibility index (Phi) is 3.93. The Morgan fingerprint density at radius 3 is 2.35 bits per heavy atom. The molecular weight excluding hydrogens is 253 g/mol. The summed E-state index contributed by atoms with van der Waals surface area (Å²) in [5.41, 5.74) is 3.29. The van der Waals surface area contributed by atoms with E-state index in [0.717, 1.165) is 21.3 Å². The molecule has 0 fully saturated rings. The smallest absolute Gasteiger partial charge is 0.0458 e. The molecule has 2 aromatic carbocycles. The van der Waals surface area contributed by atoms with E-state index in [9.17, 15) is 0 Å². The minimum absolute atomic E-state index is 0.709. The quantitative estimate of drug-likeness (QED) is 0.831. The van der Waals surface area contributed by atoms with Crippen LogP contribution in [-0.4, -0.2) is 0 Å². The van der Waals surface area contributed by atoms with Gasteiger partial charge in [0.25, 0.3) is 0 Å². The highest BCUT2D eigenvalue weighted by Gasteiger charge is 2.00. The Hall–Kier alpha value is -1.18. The molecule has 0 atom stereocenters. The Morgan fingerprint density at radius 1 is 1.00 bits per heavy atom. The molecule has 0 heterocycles. The third-order valence-electron chi connectivity index (χ3n) is 2.54. The average molecular weight is 266 g/mol. The molecule has 0 aliphatic rings. The summed E-state index contributed by atoms with van der Waals surface area (Å²) < 4.78 is 0. The molecule has 17 heavy (non-hydrogen) atoms. The molecule has 88 valence electrons. The van der Waals surface area contributed by atoms with Crippen molar-refractivity contribution in [2.45, 2.75) is 13.5 Å². The van der Waals surface area contributed by atoms with Gasteiger partial charge < -0.3 is 5.32 Å². The van der Waals surface area contributed by atoms with E-state index in [4.69, 9.17) is 23.2 Å². The minimum atomic E-state index is 0.709. The van der Waals surface area contributed by atoms with Gasteiger partial charge >= 0.3 is 0 Å². The van der Waals surface area contributed by atoms with Gasteiger partial charge in [-0.3, -0.25) is 0 Å². The van der Waals surface area contributed by atoms with Crippen molar-refractivity contribution in [2.24, 2.45) is 0 Å². The summed E-state index contributed by atoms with van der Waals surface area (Å²) in [5, 5.41) is 4.84. The number of benzene rings is 2. The van der Waals surface area contributed by atoms with Crippen LogP contribution in [0.2, 0.25) is 10.0 Å². The van der Waals surface area contributed by atoms with Crippen LogP contribution in [0.4, 0.5) is 5.69 Å². The molecule has 0 bridgehead atoms. The van der Waals surface area contributed by atoms with Gasteiger partial charge in [-0.05, 0) is 48.4 Å². The Bertz CT molecular complexity index is 506. The van der Waals surface area contributed by atoms with Gasteiger partial charge in [0, 0.05) is 22.3 Å². The summed E-state index contributed by atoms with van der Waals surface area (Å²) in [6, 6.07) is 13.7. The zero-order valence-electron chi connectivity index (χ0n) is 9.50. The van der Waals surface area contributed by atoms with E-state index in [1.165, 1.54) is 5.56 Å². The molecule has 0 radical (unpaired) electrons. The molecule has 1 N–H and O–H groups in total. The first-order valence-corrected chi connectivity index (χ1v) is 6.15. The zero-order chi connectivity index (χ0) is 12.3. The Morgan fingerprint density at radius 2 is 1.71 bits per heavy atom. The van der Waals surface area contributed by atoms with Gasteiger partial charge in [0.15, 0.2) is 0 Å². The molecule has 0 amide bonds. The van der Waals surface area contributed by atoms with E-state index in [-0.39, 0.29) is 0 Å². The van der Waals surface area contributed by atoms with Crippen LogP contribution in [-0.2, 0) is 6.54 Å². The monoisotopic (exact) mass is 265 g/mol. The van der Waals surface area contributed by atoms with Crippen molar-refractivity contribution < 1.29 is 0 Å². The van der Waals surface area contributed by atoms with Crippen molar-refractivity contribution in [3.8, 4) is 0 Å². The number of anilines is 1. The van der Waals surface area contributed by atoms with Gasteiger partial charge in [-0.2, -0.15) is 0 Å². The van der Waals surface area contributed by atoms with Crippen molar-refractivity contribution >= 4 is 28.9 Å². The van der Waals surface area contributed by atoms with Gasteiger partial charge in [-0.25, -0.2) is 0 Å². The second-order valence-corrected chi connectivity index (χ2v) is 4.80. The number of hydrogen-bond acceptors (Lipinski definition) is 1. The molecule has 2 aromatic rings. The fourth-order valence-corrected chi connectivity index (χ4v) is 1.99. The van der Waals surface area contributed by atoms with Crippen LogP contribution < -0.4 is 5.32 Å². The van der Waals surface area contributed by atoms with Gasteiger partial charge in [-0.15, -0.1) is 0 Å². The number of nitrogens with one attached hydrogen (secondary N) is 1. The zero-order valence-corrected chi connectivity index (χ0v) is 11.0. The average Bonchev–Trinajstić information content (AvgIpc) is 2.30. The van der Waals surface area contributed by atoms with E-state index < -0.39 is 0 Å². The van der Waals surface area contributed by atoms with Crippen LogP contribution in [0.3, 0.4) is 0 Å². The molecule has 0 aliphatic carbocycles. The molecule has 0 unspecified atom stereocenters. The number of rotatable bonds is 3. The second-order valence-electron chi connectivity index (χ2n) is 3.96. The number of aryl methyl sites for hydroxylation is 1. The molecule has 0 spiro atoms. The fraction of sp³-hybridized carbons (Fsp3) is 0.143. The minimum Gasteiger partial charge on any atom is -0.381 e. The molecule has 1 nitrogen and oxygen atoms in total. The third kappa shape index (κ3) is 3.39. The predicted molar refractivity (Wildman–Crippen MR) is 75.0 cm³/mol. The summed E-state index contributed by atoms with van der Waals surface area (Å²) >= 11 is 12.0. The summed E-state index contributed by atoms with van der Waals surface area (Å²) in [6.45, 7) is 2.74. The maximum atomic E-state index is 6.16. The van der Waals surface area contributed by atoms with E-state index in [1.54, 1.807) is 0 Å². The van der Waals surface area contributed by atoms with Gasteiger partial charge in [0.1, 0.15) is 0 Å². The topological polar surface area (TPSA) is 12.0 Å². The lowest BCUT2D eigenvalue weighted by atomic mass is 10.1. The lowest BCUT2D eigenvalue weighted by Crippen LogP contribution is -1.99. The van der Waals surface area contributed by atoms with Crippen molar-refractivity contribution in [3.05, 3.63) is 63.6 Å². The number of hydrogen-bond donors (Lipinski definition) is 1. The van der Waals surface area contributed by atoms with Gasteiger partial charge in [0.05, 0.1) is 0 Å².